The number of benzene rings is 1. The second-order valence-corrected chi connectivity index (χ2v) is 5.13. The molecule has 2 aromatic rings. The van der Waals surface area contributed by atoms with Crippen LogP contribution in [-0.4, -0.2) is 31.3 Å². The van der Waals surface area contributed by atoms with Gasteiger partial charge in [0.25, 0.3) is 0 Å². The van der Waals surface area contributed by atoms with Gasteiger partial charge in [0, 0.05) is 5.92 Å². The Bertz CT molecular complexity index is 605. The molecule has 0 aliphatic carbocycles. The molecule has 2 rings (SSSR count). The molecule has 21 heavy (non-hydrogen) atoms. The average Bonchev–Trinajstić information content (AvgIpc) is 2.99. The second kappa shape index (κ2) is 6.03. The van der Waals surface area contributed by atoms with E-state index in [0.29, 0.717) is 18.7 Å². The maximum Gasteiger partial charge on any atom is 0.331 e. The van der Waals surface area contributed by atoms with E-state index in [-0.39, 0.29) is 5.92 Å². The monoisotopic (exact) mass is 288 g/mol. The lowest BCUT2D eigenvalue weighted by atomic mass is 9.91. The van der Waals surface area contributed by atoms with E-state index in [1.165, 1.54) is 4.68 Å². The summed E-state index contributed by atoms with van der Waals surface area (Å²) in [6.45, 7) is 5.67. The molecule has 0 spiro atoms. The van der Waals surface area contributed by atoms with E-state index in [4.69, 9.17) is 0 Å². The number of nitrogens with zero attached hydrogens (tertiary/aromatic N) is 4. The zero-order valence-corrected chi connectivity index (χ0v) is 12.5. The highest BCUT2D eigenvalue weighted by Gasteiger charge is 2.41. The van der Waals surface area contributed by atoms with Crippen LogP contribution in [0.2, 0.25) is 0 Å². The van der Waals surface area contributed by atoms with E-state index in [0.717, 1.165) is 5.56 Å². The van der Waals surface area contributed by atoms with Crippen molar-refractivity contribution in [1.82, 2.24) is 20.2 Å². The summed E-state index contributed by atoms with van der Waals surface area (Å²) in [7, 11) is 0. The number of hydrogen-bond acceptors (Lipinski definition) is 4. The molecule has 0 saturated heterocycles. The molecular weight excluding hydrogens is 268 g/mol. The fourth-order valence-electron chi connectivity index (χ4n) is 2.60. The summed E-state index contributed by atoms with van der Waals surface area (Å²) in [5.74, 6) is -0.397. The number of aromatic nitrogens is 4. The van der Waals surface area contributed by atoms with Crippen molar-refractivity contribution in [3.8, 4) is 0 Å². The number of carboxylic acid groups (broad SMARTS) is 1. The fraction of sp³-hybridized carbons (Fsp3) is 0.467. The maximum absolute atomic E-state index is 11.8. The molecule has 1 N–H and O–H groups in total. The van der Waals surface area contributed by atoms with Crippen molar-refractivity contribution in [2.24, 2.45) is 0 Å². The molecule has 6 heteroatoms. The van der Waals surface area contributed by atoms with Gasteiger partial charge >= 0.3 is 5.97 Å². The summed E-state index contributed by atoms with van der Waals surface area (Å²) < 4.78 is 1.48. The summed E-state index contributed by atoms with van der Waals surface area (Å²) in [5.41, 5.74) is -0.0398. The van der Waals surface area contributed by atoms with Crippen LogP contribution in [0.25, 0.3) is 0 Å². The van der Waals surface area contributed by atoms with Crippen molar-refractivity contribution in [2.45, 2.75) is 45.1 Å². The Morgan fingerprint density at radius 3 is 2.43 bits per heavy atom. The van der Waals surface area contributed by atoms with Gasteiger partial charge in [0.15, 0.2) is 11.4 Å². The minimum atomic E-state index is -1.10. The molecule has 0 bridgehead atoms. The number of rotatable bonds is 6. The Morgan fingerprint density at radius 1 is 1.29 bits per heavy atom. The van der Waals surface area contributed by atoms with Gasteiger partial charge in [-0.15, -0.1) is 5.10 Å². The molecule has 1 atom stereocenters. The van der Waals surface area contributed by atoms with Crippen LogP contribution in [0.15, 0.2) is 30.3 Å². The molecule has 0 aliphatic rings. The first-order valence-corrected chi connectivity index (χ1v) is 7.14. The standard InChI is InChI=1S/C15H20N4O2/c1-4-15(5-2,14(20)21)19-13(16-17-18-19)11(3)12-9-7-6-8-10-12/h6-11H,4-5H2,1-3H3,(H,20,21). The molecule has 0 radical (unpaired) electrons. The molecule has 0 saturated carbocycles. The van der Waals surface area contributed by atoms with E-state index in [9.17, 15) is 9.90 Å². The zero-order chi connectivity index (χ0) is 15.5. The SMILES string of the molecule is CCC(CC)(C(=O)O)n1nnnc1C(C)c1ccccc1. The summed E-state index contributed by atoms with van der Waals surface area (Å²) in [4.78, 5) is 11.8. The van der Waals surface area contributed by atoms with Gasteiger partial charge in [-0.3, -0.25) is 0 Å². The summed E-state index contributed by atoms with van der Waals surface area (Å²) in [5, 5.41) is 21.4. The van der Waals surface area contributed by atoms with Gasteiger partial charge in [0.2, 0.25) is 0 Å². The second-order valence-electron chi connectivity index (χ2n) is 5.13. The molecule has 0 amide bonds. The van der Waals surface area contributed by atoms with Gasteiger partial charge in [-0.1, -0.05) is 51.1 Å². The topological polar surface area (TPSA) is 80.9 Å². The van der Waals surface area contributed by atoms with E-state index < -0.39 is 11.5 Å². The van der Waals surface area contributed by atoms with Crippen LogP contribution in [0.3, 0.4) is 0 Å². The minimum Gasteiger partial charge on any atom is -0.479 e. The minimum absolute atomic E-state index is 0.0713. The van der Waals surface area contributed by atoms with Gasteiger partial charge in [0.1, 0.15) is 0 Å². The van der Waals surface area contributed by atoms with Crippen molar-refractivity contribution >= 4 is 5.97 Å². The lowest BCUT2D eigenvalue weighted by Gasteiger charge is -2.28. The molecule has 0 fully saturated rings. The summed E-state index contributed by atoms with van der Waals surface area (Å²) in [6, 6.07) is 9.82. The Hall–Kier alpha value is -2.24. The molecule has 0 aliphatic heterocycles. The number of aliphatic carboxylic acids is 1. The third kappa shape index (κ3) is 2.53. The smallest absolute Gasteiger partial charge is 0.331 e. The number of hydrogen-bond donors (Lipinski definition) is 1. The Balaban J connectivity index is 2.50. The number of tetrazole rings is 1. The van der Waals surface area contributed by atoms with E-state index in [1.54, 1.807) is 0 Å². The summed E-state index contributed by atoms with van der Waals surface area (Å²) in [6.07, 6.45) is 0.858. The van der Waals surface area contributed by atoms with Crippen LogP contribution in [0.4, 0.5) is 0 Å². The van der Waals surface area contributed by atoms with Gasteiger partial charge in [-0.2, -0.15) is 0 Å². The molecule has 112 valence electrons. The van der Waals surface area contributed by atoms with Crippen molar-refractivity contribution in [1.29, 1.82) is 0 Å². The first-order valence-electron chi connectivity index (χ1n) is 7.14. The Morgan fingerprint density at radius 2 is 1.90 bits per heavy atom. The van der Waals surface area contributed by atoms with Crippen LogP contribution in [0, 0.1) is 0 Å². The predicted molar refractivity (Wildman–Crippen MR) is 78.0 cm³/mol. The van der Waals surface area contributed by atoms with Crippen molar-refractivity contribution < 1.29 is 9.90 Å². The van der Waals surface area contributed by atoms with Gasteiger partial charge in [-0.25, -0.2) is 9.48 Å². The van der Waals surface area contributed by atoms with Crippen molar-refractivity contribution in [3.63, 3.8) is 0 Å². The highest BCUT2D eigenvalue weighted by atomic mass is 16.4. The number of carbonyl (C=O) groups is 1. The average molecular weight is 288 g/mol. The normalized spacial score (nSPS) is 13.1. The van der Waals surface area contributed by atoms with E-state index in [2.05, 4.69) is 15.5 Å². The maximum atomic E-state index is 11.8. The first kappa shape index (κ1) is 15.2. The van der Waals surface area contributed by atoms with E-state index in [1.807, 2.05) is 51.1 Å². The van der Waals surface area contributed by atoms with Crippen LogP contribution >= 0.6 is 0 Å². The predicted octanol–water partition coefficient (Wildman–Crippen LogP) is 2.42. The third-order valence-electron chi connectivity index (χ3n) is 4.15. The molecule has 1 heterocycles. The molecular formula is C15H20N4O2. The quantitative estimate of drug-likeness (QED) is 0.883. The highest BCUT2D eigenvalue weighted by Crippen LogP contribution is 2.30. The summed E-state index contributed by atoms with van der Waals surface area (Å²) >= 11 is 0. The van der Waals surface area contributed by atoms with Crippen LogP contribution in [0.1, 0.15) is 50.9 Å². The van der Waals surface area contributed by atoms with Gasteiger partial charge in [0.05, 0.1) is 0 Å². The zero-order valence-electron chi connectivity index (χ0n) is 12.5. The molecule has 1 unspecified atom stereocenters. The first-order chi connectivity index (χ1) is 10.1. The third-order valence-corrected chi connectivity index (χ3v) is 4.15. The number of carboxylic acids is 1. The lowest BCUT2D eigenvalue weighted by molar-refractivity contribution is -0.148. The van der Waals surface area contributed by atoms with Gasteiger partial charge in [-0.05, 0) is 28.8 Å². The van der Waals surface area contributed by atoms with Crippen LogP contribution in [-0.2, 0) is 10.3 Å². The Kier molecular flexibility index (Phi) is 4.35. The van der Waals surface area contributed by atoms with Crippen LogP contribution in [0.5, 0.6) is 0 Å². The van der Waals surface area contributed by atoms with Gasteiger partial charge < -0.3 is 5.11 Å². The van der Waals surface area contributed by atoms with Crippen LogP contribution < -0.4 is 0 Å². The molecule has 1 aromatic carbocycles. The fourth-order valence-corrected chi connectivity index (χ4v) is 2.60. The highest BCUT2D eigenvalue weighted by molar-refractivity contribution is 5.76. The Labute approximate surface area is 123 Å². The molecule has 6 nitrogen and oxygen atoms in total. The van der Waals surface area contributed by atoms with Crippen molar-refractivity contribution in [3.05, 3.63) is 41.7 Å². The lowest BCUT2D eigenvalue weighted by Crippen LogP contribution is -2.43. The van der Waals surface area contributed by atoms with E-state index >= 15 is 0 Å². The van der Waals surface area contributed by atoms with Crippen molar-refractivity contribution in [2.75, 3.05) is 0 Å². The molecule has 1 aromatic heterocycles. The largest absolute Gasteiger partial charge is 0.479 e.